The third-order valence-electron chi connectivity index (χ3n) is 4.46. The average molecular weight is 358 g/mol. The molecule has 0 saturated heterocycles. The Morgan fingerprint density at radius 3 is 2.15 bits per heavy atom. The fraction of sp³-hybridized carbons (Fsp3) is 0.130. The van der Waals surface area contributed by atoms with Gasteiger partial charge >= 0.3 is 0 Å². The number of carbonyl (C=O) groups excluding carboxylic acids is 2. The number of benzene rings is 3. The van der Waals surface area contributed by atoms with Crippen LogP contribution in [0.15, 0.2) is 78.9 Å². The van der Waals surface area contributed by atoms with E-state index in [1.54, 1.807) is 11.9 Å². The number of nitrogens with two attached hydrogens (primary N) is 1. The van der Waals surface area contributed by atoms with E-state index in [1.165, 1.54) is 0 Å². The monoisotopic (exact) mass is 358 g/mol. The molecule has 27 heavy (non-hydrogen) atoms. The molecule has 1 amide bonds. The van der Waals surface area contributed by atoms with Gasteiger partial charge in [-0.1, -0.05) is 72.8 Å². The van der Waals surface area contributed by atoms with Crippen molar-refractivity contribution in [1.29, 1.82) is 0 Å². The Labute approximate surface area is 159 Å². The van der Waals surface area contributed by atoms with Gasteiger partial charge in [-0.3, -0.25) is 9.59 Å². The quantitative estimate of drug-likeness (QED) is 0.686. The molecule has 2 N–H and O–H groups in total. The van der Waals surface area contributed by atoms with E-state index < -0.39 is 0 Å². The Kier molecular flexibility index (Phi) is 5.79. The van der Waals surface area contributed by atoms with Crippen LogP contribution in [0.3, 0.4) is 0 Å². The highest BCUT2D eigenvalue weighted by Gasteiger charge is 2.10. The summed E-state index contributed by atoms with van der Waals surface area (Å²) in [7, 11) is 1.74. The summed E-state index contributed by atoms with van der Waals surface area (Å²) >= 11 is 0. The van der Waals surface area contributed by atoms with Crippen molar-refractivity contribution < 1.29 is 9.59 Å². The van der Waals surface area contributed by atoms with E-state index in [-0.39, 0.29) is 18.2 Å². The first kappa shape index (κ1) is 18.5. The Balaban J connectivity index is 1.78. The summed E-state index contributed by atoms with van der Waals surface area (Å²) < 4.78 is 0. The molecule has 0 atom stereocenters. The summed E-state index contributed by atoms with van der Waals surface area (Å²) in [6.07, 6.45) is 0. The van der Waals surface area contributed by atoms with Gasteiger partial charge in [-0.25, -0.2) is 0 Å². The molecule has 136 valence electrons. The van der Waals surface area contributed by atoms with Crippen LogP contribution < -0.4 is 5.73 Å². The van der Waals surface area contributed by atoms with Gasteiger partial charge in [0.05, 0.1) is 6.54 Å². The number of likely N-dealkylation sites (N-methyl/N-ethyl adjacent to an activating group) is 1. The van der Waals surface area contributed by atoms with E-state index in [0.29, 0.717) is 17.7 Å². The number of hydrogen-bond acceptors (Lipinski definition) is 3. The molecule has 4 heteroatoms. The van der Waals surface area contributed by atoms with E-state index >= 15 is 0 Å². The van der Waals surface area contributed by atoms with Gasteiger partial charge in [0, 0.05) is 24.7 Å². The second-order valence-electron chi connectivity index (χ2n) is 6.43. The predicted molar refractivity (Wildman–Crippen MR) is 107 cm³/mol. The number of ketones is 1. The molecule has 3 aromatic rings. The van der Waals surface area contributed by atoms with Crippen molar-refractivity contribution >= 4 is 11.7 Å². The first-order chi connectivity index (χ1) is 13.1. The maximum Gasteiger partial charge on any atom is 0.236 e. The lowest BCUT2D eigenvalue weighted by atomic mass is 9.98. The number of amides is 1. The Hall–Kier alpha value is -3.24. The van der Waals surface area contributed by atoms with Crippen molar-refractivity contribution in [2.75, 3.05) is 13.6 Å². The topological polar surface area (TPSA) is 63.4 Å². The van der Waals surface area contributed by atoms with Crippen LogP contribution in [0.5, 0.6) is 0 Å². The highest BCUT2D eigenvalue weighted by atomic mass is 16.2. The Morgan fingerprint density at radius 1 is 0.815 bits per heavy atom. The molecule has 0 spiro atoms. The Bertz CT molecular complexity index is 934. The van der Waals surface area contributed by atoms with Gasteiger partial charge in [0.15, 0.2) is 5.78 Å². The zero-order chi connectivity index (χ0) is 19.2. The number of rotatable bonds is 6. The maximum atomic E-state index is 12.5. The summed E-state index contributed by atoms with van der Waals surface area (Å²) in [6.45, 7) is 0.515. The van der Waals surface area contributed by atoms with Gasteiger partial charge in [0.25, 0.3) is 0 Å². The van der Waals surface area contributed by atoms with Crippen LogP contribution in [0, 0.1) is 0 Å². The van der Waals surface area contributed by atoms with Crippen molar-refractivity contribution in [1.82, 2.24) is 4.90 Å². The van der Waals surface area contributed by atoms with Crippen LogP contribution >= 0.6 is 0 Å². The number of carbonyl (C=O) groups is 2. The molecule has 3 rings (SSSR count). The fourth-order valence-corrected chi connectivity index (χ4v) is 2.94. The van der Waals surface area contributed by atoms with Crippen LogP contribution in [0.2, 0.25) is 0 Å². The first-order valence-corrected chi connectivity index (χ1v) is 8.81. The molecule has 0 saturated carbocycles. The maximum absolute atomic E-state index is 12.5. The summed E-state index contributed by atoms with van der Waals surface area (Å²) in [4.78, 5) is 25.8. The molecule has 3 aromatic carbocycles. The minimum Gasteiger partial charge on any atom is -0.340 e. The van der Waals surface area contributed by atoms with Gasteiger partial charge in [0.1, 0.15) is 0 Å². The molecule has 0 fully saturated rings. The van der Waals surface area contributed by atoms with Gasteiger partial charge in [-0.2, -0.15) is 0 Å². The van der Waals surface area contributed by atoms with Crippen LogP contribution in [0.4, 0.5) is 0 Å². The SMILES string of the molecule is CN(Cc1cccc(-c2ccc(C(=O)c3ccccc3)cc2)c1)C(=O)CN. The molecular weight excluding hydrogens is 336 g/mol. The first-order valence-electron chi connectivity index (χ1n) is 8.81. The van der Waals surface area contributed by atoms with Gasteiger partial charge in [-0.15, -0.1) is 0 Å². The predicted octanol–water partition coefficient (Wildman–Crippen LogP) is 3.50. The summed E-state index contributed by atoms with van der Waals surface area (Å²) in [5.74, 6) is -0.0815. The summed E-state index contributed by atoms with van der Waals surface area (Å²) in [5.41, 5.74) is 9.84. The van der Waals surface area contributed by atoms with Gasteiger partial charge < -0.3 is 10.6 Å². The molecule has 4 nitrogen and oxygen atoms in total. The lowest BCUT2D eigenvalue weighted by molar-refractivity contribution is -0.128. The molecule has 0 aliphatic carbocycles. The fourth-order valence-electron chi connectivity index (χ4n) is 2.94. The van der Waals surface area contributed by atoms with E-state index in [9.17, 15) is 9.59 Å². The summed E-state index contributed by atoms with van der Waals surface area (Å²) in [6, 6.07) is 24.9. The average Bonchev–Trinajstić information content (AvgIpc) is 2.73. The van der Waals surface area contributed by atoms with Crippen molar-refractivity contribution in [3.05, 3.63) is 95.6 Å². The Morgan fingerprint density at radius 2 is 1.48 bits per heavy atom. The zero-order valence-corrected chi connectivity index (χ0v) is 15.3. The lowest BCUT2D eigenvalue weighted by Gasteiger charge is -2.16. The molecular formula is C23H22N2O2. The molecule has 0 bridgehead atoms. The van der Waals surface area contributed by atoms with E-state index in [1.807, 2.05) is 78.9 Å². The number of hydrogen-bond donors (Lipinski definition) is 1. The largest absolute Gasteiger partial charge is 0.340 e. The molecule has 0 unspecified atom stereocenters. The van der Waals surface area contributed by atoms with E-state index in [0.717, 1.165) is 16.7 Å². The highest BCUT2D eigenvalue weighted by Crippen LogP contribution is 2.22. The normalized spacial score (nSPS) is 10.4. The zero-order valence-electron chi connectivity index (χ0n) is 15.3. The molecule has 0 aliphatic rings. The minimum absolute atomic E-state index is 0.00704. The highest BCUT2D eigenvalue weighted by molar-refractivity contribution is 6.09. The lowest BCUT2D eigenvalue weighted by Crippen LogP contribution is -2.32. The molecule has 0 aromatic heterocycles. The standard InChI is InChI=1S/C23H22N2O2/c1-25(22(26)15-24)16-17-6-5-9-21(14-17)18-10-12-20(13-11-18)23(27)19-7-3-2-4-8-19/h2-14H,15-16,24H2,1H3. The third kappa shape index (κ3) is 4.49. The van der Waals surface area contributed by atoms with Crippen LogP contribution in [-0.4, -0.2) is 30.2 Å². The van der Waals surface area contributed by atoms with Crippen molar-refractivity contribution in [2.45, 2.75) is 6.54 Å². The van der Waals surface area contributed by atoms with Crippen LogP contribution in [0.25, 0.3) is 11.1 Å². The van der Waals surface area contributed by atoms with Crippen molar-refractivity contribution in [3.63, 3.8) is 0 Å². The van der Waals surface area contributed by atoms with Crippen LogP contribution in [0.1, 0.15) is 21.5 Å². The number of nitrogens with zero attached hydrogens (tertiary/aromatic N) is 1. The van der Waals surface area contributed by atoms with Gasteiger partial charge in [-0.05, 0) is 22.8 Å². The van der Waals surface area contributed by atoms with Crippen LogP contribution in [-0.2, 0) is 11.3 Å². The second kappa shape index (κ2) is 8.43. The molecule has 0 aliphatic heterocycles. The minimum atomic E-state index is -0.0934. The van der Waals surface area contributed by atoms with Crippen molar-refractivity contribution in [2.24, 2.45) is 5.73 Å². The molecule has 0 heterocycles. The third-order valence-corrected chi connectivity index (χ3v) is 4.46. The van der Waals surface area contributed by atoms with Crippen molar-refractivity contribution in [3.8, 4) is 11.1 Å². The second-order valence-corrected chi connectivity index (χ2v) is 6.43. The molecule has 0 radical (unpaired) electrons. The summed E-state index contributed by atoms with van der Waals surface area (Å²) in [5, 5.41) is 0. The van der Waals surface area contributed by atoms with Gasteiger partial charge in [0.2, 0.25) is 5.91 Å². The van der Waals surface area contributed by atoms with E-state index in [4.69, 9.17) is 5.73 Å². The van der Waals surface area contributed by atoms with E-state index in [2.05, 4.69) is 0 Å². The smallest absolute Gasteiger partial charge is 0.236 e.